The van der Waals surface area contributed by atoms with Crippen LogP contribution in [0.4, 0.5) is 0 Å². The average Bonchev–Trinajstić information content (AvgIpc) is 4.08. The van der Waals surface area contributed by atoms with E-state index >= 15 is 0 Å². The van der Waals surface area contributed by atoms with E-state index in [0.717, 1.165) is 47.9 Å². The van der Waals surface area contributed by atoms with Gasteiger partial charge in [-0.15, -0.1) is 0 Å². The third kappa shape index (κ3) is 15.0. The molecule has 2 N–H and O–H groups in total. The molecule has 0 aliphatic carbocycles. The highest BCUT2D eigenvalue weighted by Crippen LogP contribution is 2.34. The minimum atomic E-state index is -0.712. The minimum Gasteiger partial charge on any atom is -0.344 e. The standard InChI is InChI=1S/C62H84N6O6/c1-11-43(2)56(70)64-55(62(7,8)9)60(74)68-35-21-31-52(68)42-66(37-33-46-24-16-13-17-25-46)58(72)50-29-19-27-48(39-50)47-26-18-28-49(38-47)57(71)65(36-32-45-22-14-12-15-23-45)41-51-30-20-34-67(51)59(73)53(61(4,5)6)40-54(69)44(3)63-10/h12-19,22-29,38-39,43-44,51-53,55,63H,11,20-21,30-37,40-42H2,1-10H3,(H,64,70)/t43-,44+,51+,52+,53-,55-/m1/s1. The van der Waals surface area contributed by atoms with Crippen molar-refractivity contribution < 1.29 is 28.8 Å². The van der Waals surface area contributed by atoms with Gasteiger partial charge in [0.15, 0.2) is 0 Å². The van der Waals surface area contributed by atoms with Crippen LogP contribution < -0.4 is 10.6 Å². The zero-order chi connectivity index (χ0) is 53.7. The van der Waals surface area contributed by atoms with Gasteiger partial charge in [-0.2, -0.15) is 0 Å². The zero-order valence-corrected chi connectivity index (χ0v) is 46.0. The van der Waals surface area contributed by atoms with Crippen molar-refractivity contribution in [2.75, 3.05) is 46.3 Å². The quantitative estimate of drug-likeness (QED) is 0.0800. The number of carbonyl (C=O) groups is 6. The zero-order valence-electron chi connectivity index (χ0n) is 46.0. The molecule has 2 heterocycles. The maximum Gasteiger partial charge on any atom is 0.253 e. The second-order valence-electron chi connectivity index (χ2n) is 23.0. The van der Waals surface area contributed by atoms with Gasteiger partial charge in [-0.05, 0) is 116 Å². The number of nitrogens with zero attached hydrogens (tertiary/aromatic N) is 4. The first-order chi connectivity index (χ1) is 35.2. The molecule has 74 heavy (non-hydrogen) atoms. The van der Waals surface area contributed by atoms with Crippen LogP contribution in [0.2, 0.25) is 0 Å². The van der Waals surface area contributed by atoms with Gasteiger partial charge >= 0.3 is 0 Å². The summed E-state index contributed by atoms with van der Waals surface area (Å²) in [5.41, 5.74) is 3.82. The monoisotopic (exact) mass is 1010 g/mol. The summed E-state index contributed by atoms with van der Waals surface area (Å²) < 4.78 is 0. The Morgan fingerprint density at radius 2 is 1.08 bits per heavy atom. The highest BCUT2D eigenvalue weighted by Gasteiger charge is 2.43. The molecular formula is C62H84N6O6. The van der Waals surface area contributed by atoms with Crippen molar-refractivity contribution >= 4 is 35.3 Å². The van der Waals surface area contributed by atoms with Gasteiger partial charge in [-0.3, -0.25) is 28.8 Å². The van der Waals surface area contributed by atoms with E-state index in [1.54, 1.807) is 7.05 Å². The lowest BCUT2D eigenvalue weighted by atomic mass is 9.76. The van der Waals surface area contributed by atoms with Crippen LogP contribution in [0.3, 0.4) is 0 Å². The molecular weight excluding hydrogens is 925 g/mol. The van der Waals surface area contributed by atoms with Gasteiger partial charge in [0, 0.05) is 80.7 Å². The van der Waals surface area contributed by atoms with Gasteiger partial charge in [0.25, 0.3) is 11.8 Å². The Labute approximate surface area is 442 Å². The first kappa shape index (κ1) is 57.1. The minimum absolute atomic E-state index is 0.00537. The van der Waals surface area contributed by atoms with Crippen molar-refractivity contribution in [1.82, 2.24) is 30.2 Å². The summed E-state index contributed by atoms with van der Waals surface area (Å²) in [7, 11) is 1.75. The topological polar surface area (TPSA) is 139 Å². The van der Waals surface area contributed by atoms with Crippen LogP contribution in [0.15, 0.2) is 109 Å². The molecule has 0 bridgehead atoms. The molecule has 12 heteroatoms. The van der Waals surface area contributed by atoms with E-state index in [0.29, 0.717) is 69.7 Å². The smallest absolute Gasteiger partial charge is 0.253 e. The lowest BCUT2D eigenvalue weighted by Crippen LogP contribution is -2.57. The van der Waals surface area contributed by atoms with Gasteiger partial charge in [-0.25, -0.2) is 0 Å². The van der Waals surface area contributed by atoms with Crippen LogP contribution in [-0.4, -0.2) is 125 Å². The summed E-state index contributed by atoms with van der Waals surface area (Å²) >= 11 is 0. The Balaban J connectivity index is 1.25. The predicted molar refractivity (Wildman–Crippen MR) is 295 cm³/mol. The Bertz CT molecular complexity index is 2360. The van der Waals surface area contributed by atoms with Crippen molar-refractivity contribution in [2.24, 2.45) is 22.7 Å². The van der Waals surface area contributed by atoms with Crippen molar-refractivity contribution in [3.63, 3.8) is 0 Å². The third-order valence-corrected chi connectivity index (χ3v) is 15.5. The van der Waals surface area contributed by atoms with Crippen molar-refractivity contribution in [3.05, 3.63) is 131 Å². The molecule has 2 aliphatic rings. The number of Topliss-reactive ketones (excluding diaryl/α,β-unsaturated/α-hetero) is 1. The summed E-state index contributed by atoms with van der Waals surface area (Å²) in [5.74, 6) is -1.29. The van der Waals surface area contributed by atoms with Crippen LogP contribution in [-0.2, 0) is 32.0 Å². The lowest BCUT2D eigenvalue weighted by Gasteiger charge is -2.37. The van der Waals surface area contributed by atoms with Crippen LogP contribution in [0.25, 0.3) is 11.1 Å². The molecule has 5 amide bonds. The number of nitrogens with one attached hydrogen (secondary N) is 2. The summed E-state index contributed by atoms with van der Waals surface area (Å²) in [5, 5.41) is 6.12. The fourth-order valence-corrected chi connectivity index (χ4v) is 10.3. The molecule has 6 atom stereocenters. The van der Waals surface area contributed by atoms with Crippen molar-refractivity contribution in [3.8, 4) is 11.1 Å². The molecule has 2 fully saturated rings. The fraction of sp³-hybridized carbons (Fsp3) is 0.516. The van der Waals surface area contributed by atoms with Gasteiger partial charge in [-0.1, -0.05) is 140 Å². The van der Waals surface area contributed by atoms with Crippen LogP contribution in [0, 0.1) is 22.7 Å². The molecule has 6 rings (SSSR count). The first-order valence-corrected chi connectivity index (χ1v) is 27.2. The van der Waals surface area contributed by atoms with E-state index in [4.69, 9.17) is 0 Å². The van der Waals surface area contributed by atoms with E-state index in [2.05, 4.69) is 34.9 Å². The molecule has 2 aliphatic heterocycles. The third-order valence-electron chi connectivity index (χ3n) is 15.5. The molecule has 4 aromatic rings. The summed E-state index contributed by atoms with van der Waals surface area (Å²) in [6.45, 7) is 20.4. The summed E-state index contributed by atoms with van der Waals surface area (Å²) in [6, 6.07) is 33.8. The molecule has 0 unspecified atom stereocenters. The van der Waals surface area contributed by atoms with Crippen molar-refractivity contribution in [1.29, 1.82) is 0 Å². The molecule has 0 radical (unpaired) electrons. The highest BCUT2D eigenvalue weighted by atomic mass is 16.2. The van der Waals surface area contributed by atoms with E-state index in [1.807, 2.05) is 167 Å². The second-order valence-corrected chi connectivity index (χ2v) is 23.0. The molecule has 2 saturated heterocycles. The van der Waals surface area contributed by atoms with Crippen LogP contribution >= 0.6 is 0 Å². The van der Waals surface area contributed by atoms with Crippen LogP contribution in [0.5, 0.6) is 0 Å². The van der Waals surface area contributed by atoms with Gasteiger partial charge in [0.2, 0.25) is 17.7 Å². The number of amides is 5. The van der Waals surface area contributed by atoms with Crippen LogP contribution in [0.1, 0.15) is 133 Å². The molecule has 0 saturated carbocycles. The Hall–Kier alpha value is -6.14. The molecule has 0 spiro atoms. The predicted octanol–water partition coefficient (Wildman–Crippen LogP) is 9.51. The fourth-order valence-electron chi connectivity index (χ4n) is 10.3. The highest BCUT2D eigenvalue weighted by molar-refractivity contribution is 5.98. The van der Waals surface area contributed by atoms with Gasteiger partial charge in [0.05, 0.1) is 6.04 Å². The largest absolute Gasteiger partial charge is 0.344 e. The number of rotatable bonds is 22. The maximum absolute atomic E-state index is 14.9. The molecule has 0 aromatic heterocycles. The van der Waals surface area contributed by atoms with Gasteiger partial charge in [0.1, 0.15) is 11.8 Å². The van der Waals surface area contributed by atoms with E-state index in [9.17, 15) is 28.8 Å². The molecule has 4 aromatic carbocycles. The average molecular weight is 1010 g/mol. The SMILES string of the molecule is CC[C@@H](C)C(=O)N[C@H](C(=O)N1CCC[C@H]1CN(CCc1ccccc1)C(=O)c1cccc(-c2cccc(C(=O)N(CCc3ccccc3)C[C@@H]3CCCN3C(=O)[C@@H](CC(=O)[C@H](C)NC)C(C)(C)C)c2)c1)C(C)(C)C. The van der Waals surface area contributed by atoms with E-state index in [1.165, 1.54) is 0 Å². The van der Waals surface area contributed by atoms with Crippen molar-refractivity contribution in [2.45, 2.75) is 138 Å². The number of benzene rings is 4. The Morgan fingerprint density at radius 3 is 1.50 bits per heavy atom. The molecule has 398 valence electrons. The van der Waals surface area contributed by atoms with E-state index < -0.39 is 22.8 Å². The first-order valence-electron chi connectivity index (χ1n) is 27.2. The van der Waals surface area contributed by atoms with Gasteiger partial charge < -0.3 is 30.2 Å². The number of hydrogen-bond acceptors (Lipinski definition) is 7. The summed E-state index contributed by atoms with van der Waals surface area (Å²) in [6.07, 6.45) is 5.20. The van der Waals surface area contributed by atoms with E-state index in [-0.39, 0.29) is 65.8 Å². The number of likely N-dealkylation sites (N-methyl/N-ethyl adjacent to an activating group) is 1. The molecule has 12 nitrogen and oxygen atoms in total. The lowest BCUT2D eigenvalue weighted by molar-refractivity contribution is -0.143. The maximum atomic E-state index is 14.9. The second kappa shape index (κ2) is 25.9. The number of likely N-dealkylation sites (tertiary alicyclic amines) is 2. The Morgan fingerprint density at radius 1 is 0.622 bits per heavy atom. The number of carbonyl (C=O) groups excluding carboxylic acids is 6. The Kier molecular flexibility index (Phi) is 20.0. The summed E-state index contributed by atoms with van der Waals surface area (Å²) in [4.78, 5) is 92.8. The normalized spacial score (nSPS) is 17.5. The number of ketones is 1. The number of hydrogen-bond donors (Lipinski definition) is 2.